The molecule has 2 atom stereocenters. The predicted molar refractivity (Wildman–Crippen MR) is 83.7 cm³/mol. The monoisotopic (exact) mass is 269 g/mol. The van der Waals surface area contributed by atoms with E-state index >= 15 is 0 Å². The first kappa shape index (κ1) is 14.8. The third kappa shape index (κ3) is 3.92. The summed E-state index contributed by atoms with van der Waals surface area (Å²) in [4.78, 5) is 0. The molecule has 2 rings (SSSR count). The average molecular weight is 269 g/mol. The van der Waals surface area contributed by atoms with Gasteiger partial charge in [-0.25, -0.2) is 0 Å². The van der Waals surface area contributed by atoms with Crippen LogP contribution in [-0.4, -0.2) is 11.7 Å². The van der Waals surface area contributed by atoms with Crippen LogP contribution in [0.4, 0.5) is 0 Å². The van der Waals surface area contributed by atoms with Crippen LogP contribution in [0, 0.1) is 13.8 Å². The highest BCUT2D eigenvalue weighted by molar-refractivity contribution is 5.30. The van der Waals surface area contributed by atoms with E-state index in [9.17, 15) is 5.11 Å². The maximum atomic E-state index is 10.2. The Labute approximate surface area is 121 Å². The van der Waals surface area contributed by atoms with Gasteiger partial charge in [0.25, 0.3) is 0 Å². The van der Waals surface area contributed by atoms with E-state index in [2.05, 4.69) is 44.3 Å². The van der Waals surface area contributed by atoms with Crippen molar-refractivity contribution in [3.8, 4) is 0 Å². The van der Waals surface area contributed by atoms with Crippen LogP contribution in [0.5, 0.6) is 0 Å². The lowest BCUT2D eigenvalue weighted by Crippen LogP contribution is -2.24. The first-order valence-electron chi connectivity index (χ1n) is 7.11. The quantitative estimate of drug-likeness (QED) is 0.867. The Bertz CT molecular complexity index is 530. The zero-order valence-corrected chi connectivity index (χ0v) is 12.4. The smallest absolute Gasteiger partial charge is 0.0914 e. The number of aryl methyl sites for hydroxylation is 2. The van der Waals surface area contributed by atoms with Crippen molar-refractivity contribution in [2.45, 2.75) is 32.9 Å². The molecule has 0 amide bonds. The van der Waals surface area contributed by atoms with Crippen molar-refractivity contribution in [1.29, 1.82) is 0 Å². The molecule has 0 radical (unpaired) electrons. The molecule has 2 N–H and O–H groups in total. The van der Waals surface area contributed by atoms with Crippen LogP contribution in [0.2, 0.25) is 0 Å². The summed E-state index contributed by atoms with van der Waals surface area (Å²) in [6.07, 6.45) is -0.468. The second kappa shape index (κ2) is 6.69. The Balaban J connectivity index is 1.96. The molecule has 2 nitrogen and oxygen atoms in total. The largest absolute Gasteiger partial charge is 0.387 e. The highest BCUT2D eigenvalue weighted by atomic mass is 16.3. The molecule has 2 heteroatoms. The number of benzene rings is 2. The van der Waals surface area contributed by atoms with Gasteiger partial charge in [-0.3, -0.25) is 0 Å². The molecule has 106 valence electrons. The van der Waals surface area contributed by atoms with Crippen molar-refractivity contribution < 1.29 is 5.11 Å². The SMILES string of the molecule is Cc1cc(C)cc(C(C)NCC(O)c2ccccc2)c1. The van der Waals surface area contributed by atoms with Gasteiger partial charge in [-0.05, 0) is 31.9 Å². The number of nitrogens with one attached hydrogen (secondary N) is 1. The van der Waals surface area contributed by atoms with Crippen LogP contribution >= 0.6 is 0 Å². The number of hydrogen-bond acceptors (Lipinski definition) is 2. The van der Waals surface area contributed by atoms with Crippen molar-refractivity contribution >= 4 is 0 Å². The molecule has 0 aromatic heterocycles. The maximum absolute atomic E-state index is 10.2. The van der Waals surface area contributed by atoms with Gasteiger partial charge in [0.1, 0.15) is 0 Å². The first-order chi connectivity index (χ1) is 9.56. The third-order valence-electron chi connectivity index (χ3n) is 3.55. The van der Waals surface area contributed by atoms with E-state index in [1.54, 1.807) is 0 Å². The summed E-state index contributed by atoms with van der Waals surface area (Å²) in [5, 5.41) is 13.6. The van der Waals surface area contributed by atoms with Crippen molar-refractivity contribution in [2.24, 2.45) is 0 Å². The van der Waals surface area contributed by atoms with Crippen molar-refractivity contribution in [3.63, 3.8) is 0 Å². The van der Waals surface area contributed by atoms with Gasteiger partial charge >= 0.3 is 0 Å². The minimum absolute atomic E-state index is 0.229. The predicted octanol–water partition coefficient (Wildman–Crippen LogP) is 3.69. The van der Waals surface area contributed by atoms with Gasteiger partial charge < -0.3 is 10.4 Å². The number of aliphatic hydroxyl groups is 1. The van der Waals surface area contributed by atoms with E-state index in [4.69, 9.17) is 0 Å². The van der Waals surface area contributed by atoms with Crippen LogP contribution in [0.25, 0.3) is 0 Å². The zero-order chi connectivity index (χ0) is 14.5. The van der Waals surface area contributed by atoms with Gasteiger partial charge in [-0.15, -0.1) is 0 Å². The van der Waals surface area contributed by atoms with Gasteiger partial charge in [0.15, 0.2) is 0 Å². The van der Waals surface area contributed by atoms with Gasteiger partial charge in [-0.2, -0.15) is 0 Å². The van der Waals surface area contributed by atoms with E-state index in [1.807, 2.05) is 30.3 Å². The molecule has 2 unspecified atom stereocenters. The third-order valence-corrected chi connectivity index (χ3v) is 3.55. The summed E-state index contributed by atoms with van der Waals surface area (Å²) < 4.78 is 0. The minimum Gasteiger partial charge on any atom is -0.387 e. The van der Waals surface area contributed by atoms with Crippen molar-refractivity contribution in [2.75, 3.05) is 6.54 Å². The molecule has 0 fully saturated rings. The van der Waals surface area contributed by atoms with Gasteiger partial charge in [-0.1, -0.05) is 59.7 Å². The average Bonchev–Trinajstić information content (AvgIpc) is 2.44. The van der Waals surface area contributed by atoms with Crippen LogP contribution in [0.1, 0.15) is 41.3 Å². The van der Waals surface area contributed by atoms with Crippen LogP contribution in [0.15, 0.2) is 48.5 Å². The molecule has 0 spiro atoms. The Morgan fingerprint density at radius 3 is 2.15 bits per heavy atom. The van der Waals surface area contributed by atoms with Crippen molar-refractivity contribution in [1.82, 2.24) is 5.32 Å². The molecule has 0 heterocycles. The molecular weight excluding hydrogens is 246 g/mol. The van der Waals surface area contributed by atoms with E-state index in [1.165, 1.54) is 16.7 Å². The highest BCUT2D eigenvalue weighted by Crippen LogP contribution is 2.18. The Morgan fingerprint density at radius 2 is 1.55 bits per heavy atom. The summed E-state index contributed by atoms with van der Waals surface area (Å²) >= 11 is 0. The minimum atomic E-state index is -0.468. The number of aliphatic hydroxyl groups excluding tert-OH is 1. The first-order valence-corrected chi connectivity index (χ1v) is 7.11. The lowest BCUT2D eigenvalue weighted by Gasteiger charge is -2.18. The second-order valence-corrected chi connectivity index (χ2v) is 5.48. The number of rotatable bonds is 5. The summed E-state index contributed by atoms with van der Waals surface area (Å²) in [6.45, 7) is 6.91. The standard InChI is InChI=1S/C18H23NO/c1-13-9-14(2)11-17(10-13)15(3)19-12-18(20)16-7-5-4-6-8-16/h4-11,15,18-20H,12H2,1-3H3. The summed E-state index contributed by atoms with van der Waals surface area (Å²) in [5.74, 6) is 0. The lowest BCUT2D eigenvalue weighted by molar-refractivity contribution is 0.171. The molecule has 2 aromatic rings. The van der Waals surface area contributed by atoms with Crippen molar-refractivity contribution in [3.05, 3.63) is 70.8 Å². The van der Waals surface area contributed by atoms with Gasteiger partial charge in [0, 0.05) is 12.6 Å². The molecule has 0 bridgehead atoms. The molecular formula is C18H23NO. The molecule has 2 aromatic carbocycles. The maximum Gasteiger partial charge on any atom is 0.0914 e. The molecule has 0 aliphatic rings. The van der Waals surface area contributed by atoms with Crippen LogP contribution < -0.4 is 5.32 Å². The van der Waals surface area contributed by atoms with E-state index < -0.39 is 6.10 Å². The summed E-state index contributed by atoms with van der Waals surface area (Å²) in [5.41, 5.74) is 4.77. The fraction of sp³-hybridized carbons (Fsp3) is 0.333. The summed E-state index contributed by atoms with van der Waals surface area (Å²) in [7, 11) is 0. The summed E-state index contributed by atoms with van der Waals surface area (Å²) in [6, 6.07) is 16.6. The second-order valence-electron chi connectivity index (χ2n) is 5.48. The fourth-order valence-corrected chi connectivity index (χ4v) is 2.46. The van der Waals surface area contributed by atoms with E-state index in [-0.39, 0.29) is 6.04 Å². The van der Waals surface area contributed by atoms with Crippen LogP contribution in [-0.2, 0) is 0 Å². The Morgan fingerprint density at radius 1 is 0.950 bits per heavy atom. The molecule has 0 saturated heterocycles. The molecule has 20 heavy (non-hydrogen) atoms. The van der Waals surface area contributed by atoms with E-state index in [0.717, 1.165) is 5.56 Å². The topological polar surface area (TPSA) is 32.3 Å². The van der Waals surface area contributed by atoms with Gasteiger partial charge in [0.2, 0.25) is 0 Å². The fourth-order valence-electron chi connectivity index (χ4n) is 2.46. The van der Waals surface area contributed by atoms with Crippen LogP contribution in [0.3, 0.4) is 0 Å². The number of hydrogen-bond donors (Lipinski definition) is 2. The Hall–Kier alpha value is -1.64. The normalized spacial score (nSPS) is 14.0. The Kier molecular flexibility index (Phi) is 4.94. The molecule has 0 aliphatic heterocycles. The van der Waals surface area contributed by atoms with E-state index in [0.29, 0.717) is 6.54 Å². The molecule has 0 aliphatic carbocycles. The lowest BCUT2D eigenvalue weighted by atomic mass is 10.0. The molecule has 0 saturated carbocycles. The highest BCUT2D eigenvalue weighted by Gasteiger charge is 2.10. The van der Waals surface area contributed by atoms with Gasteiger partial charge in [0.05, 0.1) is 6.10 Å². The zero-order valence-electron chi connectivity index (χ0n) is 12.4.